The third-order valence-electron chi connectivity index (χ3n) is 3.81. The minimum Gasteiger partial charge on any atom is -0.396 e. The molecule has 0 aromatic rings. The monoisotopic (exact) mass is 152 g/mol. The van der Waals surface area contributed by atoms with E-state index in [1.807, 2.05) is 0 Å². The maximum Gasteiger partial charge on any atom is 0.0814 e. The average molecular weight is 152 g/mol. The number of hydrogen-bond acceptors (Lipinski definition) is 2. The van der Waals surface area contributed by atoms with Crippen LogP contribution in [0.2, 0.25) is 0 Å². The highest BCUT2D eigenvalue weighted by molar-refractivity contribution is 5.36. The molecule has 0 saturated heterocycles. The molecule has 3 aliphatic rings. The van der Waals surface area contributed by atoms with E-state index in [0.717, 1.165) is 6.42 Å². The molecule has 11 heavy (non-hydrogen) atoms. The van der Waals surface area contributed by atoms with Gasteiger partial charge in [0.25, 0.3) is 0 Å². The second kappa shape index (κ2) is 1.54. The lowest BCUT2D eigenvalue weighted by Gasteiger charge is -2.18. The van der Waals surface area contributed by atoms with Gasteiger partial charge in [-0.2, -0.15) is 0 Å². The quantitative estimate of drug-likeness (QED) is 0.525. The van der Waals surface area contributed by atoms with Crippen LogP contribution in [0.5, 0.6) is 0 Å². The van der Waals surface area contributed by atoms with Crippen molar-refractivity contribution in [1.29, 1.82) is 0 Å². The molecule has 0 aromatic heterocycles. The lowest BCUT2D eigenvalue weighted by Crippen LogP contribution is -2.24. The summed E-state index contributed by atoms with van der Waals surface area (Å²) in [5.41, 5.74) is -0.409. The molecule has 2 unspecified atom stereocenters. The summed E-state index contributed by atoms with van der Waals surface area (Å²) in [5.74, 6) is 1.52. The summed E-state index contributed by atoms with van der Waals surface area (Å²) in [4.78, 5) is 0. The van der Waals surface area contributed by atoms with Crippen LogP contribution in [0.25, 0.3) is 0 Å². The van der Waals surface area contributed by atoms with Gasteiger partial charge in [0.05, 0.1) is 5.60 Å². The number of aliphatic hydroxyl groups is 2. The molecule has 0 radical (unpaired) electrons. The van der Waals surface area contributed by atoms with Gasteiger partial charge in [-0.15, -0.1) is 0 Å². The Kier molecular flexibility index (Phi) is 0.871. The largest absolute Gasteiger partial charge is 0.396 e. The summed E-state index contributed by atoms with van der Waals surface area (Å²) in [7, 11) is 0. The zero-order chi connectivity index (χ0) is 7.64. The summed E-state index contributed by atoms with van der Waals surface area (Å²) in [5, 5.41) is 19.0. The molecule has 2 heteroatoms. The van der Waals surface area contributed by atoms with Crippen LogP contribution in [-0.2, 0) is 0 Å². The standard InChI is InChI=1S/C9H12O2/c10-4-5-3-8-7-2-1-6(5)9(7,8)11/h1-2,5-8,10-11H,3-4H2/t5-,6-,7?,8?,9+/m0/s1. The highest BCUT2D eigenvalue weighted by Gasteiger charge is 2.74. The van der Waals surface area contributed by atoms with Gasteiger partial charge in [0.1, 0.15) is 0 Å². The predicted octanol–water partition coefficient (Wildman–Crippen LogP) is 0.162. The molecule has 2 fully saturated rings. The fraction of sp³-hybridized carbons (Fsp3) is 0.778. The van der Waals surface area contributed by atoms with E-state index < -0.39 is 5.60 Å². The lowest BCUT2D eigenvalue weighted by molar-refractivity contribution is 0.0773. The molecule has 0 bridgehead atoms. The third kappa shape index (κ3) is 0.472. The van der Waals surface area contributed by atoms with Crippen LogP contribution in [0.15, 0.2) is 12.2 Å². The van der Waals surface area contributed by atoms with Gasteiger partial charge in [-0.3, -0.25) is 0 Å². The van der Waals surface area contributed by atoms with Gasteiger partial charge in [0, 0.05) is 18.4 Å². The molecule has 5 atom stereocenters. The summed E-state index contributed by atoms with van der Waals surface area (Å²) < 4.78 is 0. The maximum atomic E-state index is 10.00. The van der Waals surface area contributed by atoms with Crippen molar-refractivity contribution in [1.82, 2.24) is 0 Å². The fourth-order valence-corrected chi connectivity index (χ4v) is 3.18. The van der Waals surface area contributed by atoms with Crippen LogP contribution in [0, 0.1) is 23.7 Å². The van der Waals surface area contributed by atoms with Crippen LogP contribution in [0.1, 0.15) is 6.42 Å². The van der Waals surface area contributed by atoms with E-state index in [1.54, 1.807) is 0 Å². The number of hydrogen-bond donors (Lipinski definition) is 2. The van der Waals surface area contributed by atoms with Crippen molar-refractivity contribution in [2.75, 3.05) is 6.61 Å². The van der Waals surface area contributed by atoms with Crippen molar-refractivity contribution in [3.05, 3.63) is 12.2 Å². The van der Waals surface area contributed by atoms with E-state index in [1.165, 1.54) is 0 Å². The first-order chi connectivity index (χ1) is 5.28. The first kappa shape index (κ1) is 6.21. The SMILES string of the molecule is OC[C@@H]1CC2C3C=C[C@@H]1[C@@]32O. The second-order valence-electron chi connectivity index (χ2n) is 4.11. The molecule has 2 nitrogen and oxygen atoms in total. The Balaban J connectivity index is 1.97. The molecular formula is C9H12O2. The van der Waals surface area contributed by atoms with Gasteiger partial charge in [-0.25, -0.2) is 0 Å². The van der Waals surface area contributed by atoms with E-state index in [2.05, 4.69) is 12.2 Å². The highest BCUT2D eigenvalue weighted by Crippen LogP contribution is 2.69. The van der Waals surface area contributed by atoms with Gasteiger partial charge < -0.3 is 10.2 Å². The molecule has 60 valence electrons. The average Bonchev–Trinajstić information content (AvgIpc) is 2.33. The van der Waals surface area contributed by atoms with Crippen LogP contribution in [0.3, 0.4) is 0 Å². The summed E-state index contributed by atoms with van der Waals surface area (Å²) in [6, 6.07) is 0. The van der Waals surface area contributed by atoms with E-state index in [9.17, 15) is 5.11 Å². The minimum atomic E-state index is -0.409. The molecule has 2 saturated carbocycles. The maximum absolute atomic E-state index is 10.00. The zero-order valence-electron chi connectivity index (χ0n) is 6.27. The minimum absolute atomic E-state index is 0.237. The Hall–Kier alpha value is -0.340. The van der Waals surface area contributed by atoms with E-state index >= 15 is 0 Å². The Morgan fingerprint density at radius 3 is 2.73 bits per heavy atom. The topological polar surface area (TPSA) is 40.5 Å². The molecule has 3 rings (SSSR count). The Morgan fingerprint density at radius 2 is 2.09 bits per heavy atom. The third-order valence-corrected chi connectivity index (χ3v) is 3.81. The van der Waals surface area contributed by atoms with Crippen molar-refractivity contribution in [2.24, 2.45) is 23.7 Å². The van der Waals surface area contributed by atoms with E-state index in [4.69, 9.17) is 5.11 Å². The molecule has 2 N–H and O–H groups in total. The van der Waals surface area contributed by atoms with Gasteiger partial charge in [0.2, 0.25) is 0 Å². The normalized spacial score (nSPS) is 63.5. The van der Waals surface area contributed by atoms with Crippen LogP contribution in [0.4, 0.5) is 0 Å². The van der Waals surface area contributed by atoms with Crippen LogP contribution >= 0.6 is 0 Å². The number of aliphatic hydroxyl groups excluding tert-OH is 1. The number of rotatable bonds is 1. The Morgan fingerprint density at radius 1 is 1.36 bits per heavy atom. The zero-order valence-corrected chi connectivity index (χ0v) is 6.27. The molecule has 0 amide bonds. The van der Waals surface area contributed by atoms with Crippen molar-refractivity contribution in [2.45, 2.75) is 12.0 Å². The van der Waals surface area contributed by atoms with Gasteiger partial charge in [-0.1, -0.05) is 12.2 Å². The van der Waals surface area contributed by atoms with Gasteiger partial charge in [0.15, 0.2) is 0 Å². The molecule has 0 heterocycles. The molecule has 3 aliphatic carbocycles. The summed E-state index contributed by atoms with van der Waals surface area (Å²) in [6.45, 7) is 0.237. The van der Waals surface area contributed by atoms with Gasteiger partial charge in [-0.05, 0) is 18.3 Å². The van der Waals surface area contributed by atoms with E-state index in [-0.39, 0.29) is 12.5 Å². The van der Waals surface area contributed by atoms with Crippen molar-refractivity contribution in [3.63, 3.8) is 0 Å². The van der Waals surface area contributed by atoms with Crippen molar-refractivity contribution >= 4 is 0 Å². The summed E-state index contributed by atoms with van der Waals surface area (Å²) in [6.07, 6.45) is 5.25. The first-order valence-corrected chi connectivity index (χ1v) is 4.30. The predicted molar refractivity (Wildman–Crippen MR) is 39.8 cm³/mol. The van der Waals surface area contributed by atoms with Gasteiger partial charge >= 0.3 is 0 Å². The highest BCUT2D eigenvalue weighted by atomic mass is 16.3. The Bertz CT molecular complexity index is 236. The first-order valence-electron chi connectivity index (χ1n) is 4.30. The van der Waals surface area contributed by atoms with Crippen molar-refractivity contribution in [3.8, 4) is 0 Å². The number of fused-ring (bicyclic) bond motifs is 1. The Labute approximate surface area is 65.5 Å². The van der Waals surface area contributed by atoms with Crippen molar-refractivity contribution < 1.29 is 10.2 Å². The van der Waals surface area contributed by atoms with E-state index in [0.29, 0.717) is 17.8 Å². The van der Waals surface area contributed by atoms with Crippen LogP contribution < -0.4 is 0 Å². The molecular weight excluding hydrogens is 140 g/mol. The molecule has 0 aliphatic heterocycles. The summed E-state index contributed by atoms with van der Waals surface area (Å²) >= 11 is 0. The molecule has 0 spiro atoms. The second-order valence-corrected chi connectivity index (χ2v) is 4.11. The molecule has 0 aromatic carbocycles. The fourth-order valence-electron chi connectivity index (χ4n) is 3.18. The smallest absolute Gasteiger partial charge is 0.0814 e. The van der Waals surface area contributed by atoms with Crippen LogP contribution in [-0.4, -0.2) is 22.4 Å². The lowest BCUT2D eigenvalue weighted by atomic mass is 9.92.